The Labute approximate surface area is 120 Å². The minimum atomic E-state index is -0.220. The van der Waals surface area contributed by atoms with Crippen molar-refractivity contribution >= 4 is 11.8 Å². The zero-order valence-electron chi connectivity index (χ0n) is 10.9. The molecular weight excluding hydrogens is 279 g/mol. The van der Waals surface area contributed by atoms with Crippen molar-refractivity contribution in [1.29, 1.82) is 0 Å². The van der Waals surface area contributed by atoms with Crippen molar-refractivity contribution in [3.63, 3.8) is 0 Å². The molecule has 0 aliphatic carbocycles. The van der Waals surface area contributed by atoms with E-state index >= 15 is 0 Å². The van der Waals surface area contributed by atoms with E-state index in [2.05, 4.69) is 15.5 Å². The van der Waals surface area contributed by atoms with Crippen molar-refractivity contribution in [1.82, 2.24) is 20.2 Å². The summed E-state index contributed by atoms with van der Waals surface area (Å²) >= 11 is 1.54. The summed E-state index contributed by atoms with van der Waals surface area (Å²) in [5.41, 5.74) is 1.04. The van der Waals surface area contributed by atoms with E-state index in [9.17, 15) is 4.39 Å². The minimum Gasteiger partial charge on any atom is -0.376 e. The van der Waals surface area contributed by atoms with Gasteiger partial charge in [-0.2, -0.15) is 0 Å². The standard InChI is InChI=1S/C13H15FN4OS/c14-11-5-3-10(4-6-11)9-20-13-15-16-17-18(13)8-12-2-1-7-19-12/h3-6,12H,1-2,7-9H2. The number of benzene rings is 1. The summed E-state index contributed by atoms with van der Waals surface area (Å²) in [6.45, 7) is 1.52. The molecule has 7 heteroatoms. The highest BCUT2D eigenvalue weighted by Gasteiger charge is 2.18. The minimum absolute atomic E-state index is 0.212. The molecule has 0 saturated carbocycles. The average molecular weight is 294 g/mol. The van der Waals surface area contributed by atoms with E-state index in [0.717, 1.165) is 30.2 Å². The van der Waals surface area contributed by atoms with Gasteiger partial charge in [0.1, 0.15) is 5.82 Å². The number of nitrogens with zero attached hydrogens (tertiary/aromatic N) is 4. The van der Waals surface area contributed by atoms with Crippen LogP contribution in [-0.4, -0.2) is 32.9 Å². The fourth-order valence-corrected chi connectivity index (χ4v) is 2.97. The predicted molar refractivity (Wildman–Crippen MR) is 72.8 cm³/mol. The van der Waals surface area contributed by atoms with Crippen LogP contribution in [0.3, 0.4) is 0 Å². The van der Waals surface area contributed by atoms with Crippen LogP contribution in [0.5, 0.6) is 0 Å². The van der Waals surface area contributed by atoms with Crippen molar-refractivity contribution in [3.05, 3.63) is 35.6 Å². The predicted octanol–water partition coefficient (Wildman–Crippen LogP) is 2.28. The first-order chi connectivity index (χ1) is 9.81. The monoisotopic (exact) mass is 294 g/mol. The molecule has 1 unspecified atom stereocenters. The molecule has 20 heavy (non-hydrogen) atoms. The van der Waals surface area contributed by atoms with Gasteiger partial charge < -0.3 is 4.74 Å². The number of aromatic nitrogens is 4. The van der Waals surface area contributed by atoms with Crippen molar-refractivity contribution in [3.8, 4) is 0 Å². The summed E-state index contributed by atoms with van der Waals surface area (Å²) in [6.07, 6.45) is 2.37. The summed E-state index contributed by atoms with van der Waals surface area (Å²) in [4.78, 5) is 0. The highest BCUT2D eigenvalue weighted by atomic mass is 32.2. The number of ether oxygens (including phenoxy) is 1. The highest BCUT2D eigenvalue weighted by molar-refractivity contribution is 7.98. The molecule has 0 bridgehead atoms. The lowest BCUT2D eigenvalue weighted by molar-refractivity contribution is 0.0912. The first kappa shape index (κ1) is 13.5. The van der Waals surface area contributed by atoms with Crippen LogP contribution in [0.4, 0.5) is 4.39 Å². The Hall–Kier alpha value is -1.47. The highest BCUT2D eigenvalue weighted by Crippen LogP contribution is 2.22. The van der Waals surface area contributed by atoms with Gasteiger partial charge in [0.05, 0.1) is 12.6 Å². The molecule has 0 N–H and O–H groups in total. The fraction of sp³-hybridized carbons (Fsp3) is 0.462. The van der Waals surface area contributed by atoms with E-state index in [1.165, 1.54) is 12.1 Å². The van der Waals surface area contributed by atoms with Crippen LogP contribution in [-0.2, 0) is 17.0 Å². The molecule has 106 valence electrons. The SMILES string of the molecule is Fc1ccc(CSc2nnnn2CC2CCCO2)cc1. The Morgan fingerprint density at radius 2 is 2.20 bits per heavy atom. The van der Waals surface area contributed by atoms with Gasteiger partial charge in [0.25, 0.3) is 0 Å². The Morgan fingerprint density at radius 3 is 2.95 bits per heavy atom. The van der Waals surface area contributed by atoms with Crippen molar-refractivity contribution in [2.45, 2.75) is 36.4 Å². The van der Waals surface area contributed by atoms with Crippen LogP contribution >= 0.6 is 11.8 Å². The summed E-state index contributed by atoms with van der Waals surface area (Å²) < 4.78 is 20.2. The molecule has 3 rings (SSSR count). The van der Waals surface area contributed by atoms with Crippen LogP contribution in [0, 0.1) is 5.82 Å². The molecular formula is C13H15FN4OS. The van der Waals surface area contributed by atoms with Crippen LogP contribution in [0.2, 0.25) is 0 Å². The number of hydrogen-bond acceptors (Lipinski definition) is 5. The molecule has 2 aromatic rings. The van der Waals surface area contributed by atoms with Gasteiger partial charge in [0, 0.05) is 12.4 Å². The molecule has 1 saturated heterocycles. The van der Waals surface area contributed by atoms with E-state index in [1.807, 2.05) is 0 Å². The van der Waals surface area contributed by atoms with Gasteiger partial charge >= 0.3 is 0 Å². The quantitative estimate of drug-likeness (QED) is 0.792. The summed E-state index contributed by atoms with van der Waals surface area (Å²) in [5.74, 6) is 0.494. The Bertz CT molecular complexity index is 554. The first-order valence-electron chi connectivity index (χ1n) is 6.56. The van der Waals surface area contributed by atoms with Gasteiger partial charge in [-0.15, -0.1) is 5.10 Å². The normalized spacial score (nSPS) is 18.6. The molecule has 0 amide bonds. The zero-order valence-corrected chi connectivity index (χ0v) is 11.7. The largest absolute Gasteiger partial charge is 0.376 e. The molecule has 1 atom stereocenters. The lowest BCUT2D eigenvalue weighted by Crippen LogP contribution is -2.16. The van der Waals surface area contributed by atoms with Gasteiger partial charge in [-0.1, -0.05) is 23.9 Å². The number of tetrazole rings is 1. The van der Waals surface area contributed by atoms with E-state index < -0.39 is 0 Å². The molecule has 1 aromatic heterocycles. The second-order valence-electron chi connectivity index (χ2n) is 4.69. The number of thioether (sulfide) groups is 1. The molecule has 0 radical (unpaired) electrons. The van der Waals surface area contributed by atoms with Crippen molar-refractivity contribution in [2.24, 2.45) is 0 Å². The molecule has 2 heterocycles. The van der Waals surface area contributed by atoms with E-state index in [-0.39, 0.29) is 11.9 Å². The van der Waals surface area contributed by atoms with Crippen molar-refractivity contribution in [2.75, 3.05) is 6.61 Å². The van der Waals surface area contributed by atoms with Gasteiger partial charge in [0.2, 0.25) is 5.16 Å². The van der Waals surface area contributed by atoms with Crippen LogP contribution < -0.4 is 0 Å². The van der Waals surface area contributed by atoms with E-state index in [4.69, 9.17) is 4.74 Å². The van der Waals surface area contributed by atoms with Crippen LogP contribution in [0.15, 0.2) is 29.4 Å². The topological polar surface area (TPSA) is 52.8 Å². The third kappa shape index (κ3) is 3.34. The lowest BCUT2D eigenvalue weighted by Gasteiger charge is -2.09. The smallest absolute Gasteiger partial charge is 0.209 e. The van der Waals surface area contributed by atoms with Gasteiger partial charge in [0.15, 0.2) is 0 Å². The van der Waals surface area contributed by atoms with Gasteiger partial charge in [-0.25, -0.2) is 9.07 Å². The molecule has 1 aromatic carbocycles. The maximum Gasteiger partial charge on any atom is 0.209 e. The Kier molecular flexibility index (Phi) is 4.27. The van der Waals surface area contributed by atoms with Crippen molar-refractivity contribution < 1.29 is 9.13 Å². The molecule has 5 nitrogen and oxygen atoms in total. The molecule has 1 aliphatic rings. The zero-order chi connectivity index (χ0) is 13.8. The summed E-state index contributed by atoms with van der Waals surface area (Å²) in [6, 6.07) is 6.48. The van der Waals surface area contributed by atoms with E-state index in [1.54, 1.807) is 28.6 Å². The fourth-order valence-electron chi connectivity index (χ4n) is 2.12. The Morgan fingerprint density at radius 1 is 1.35 bits per heavy atom. The second-order valence-corrected chi connectivity index (χ2v) is 5.64. The van der Waals surface area contributed by atoms with E-state index in [0.29, 0.717) is 12.3 Å². The molecule has 0 spiro atoms. The molecule has 1 fully saturated rings. The number of hydrogen-bond donors (Lipinski definition) is 0. The first-order valence-corrected chi connectivity index (χ1v) is 7.55. The lowest BCUT2D eigenvalue weighted by atomic mass is 10.2. The maximum absolute atomic E-state index is 12.8. The number of rotatable bonds is 5. The third-order valence-corrected chi connectivity index (χ3v) is 4.21. The summed E-state index contributed by atoms with van der Waals surface area (Å²) in [7, 11) is 0. The Balaban J connectivity index is 1.59. The van der Waals surface area contributed by atoms with Crippen LogP contribution in [0.25, 0.3) is 0 Å². The third-order valence-electron chi connectivity index (χ3n) is 3.18. The maximum atomic E-state index is 12.8. The van der Waals surface area contributed by atoms with Crippen LogP contribution in [0.1, 0.15) is 18.4 Å². The number of halogens is 1. The average Bonchev–Trinajstić information content (AvgIpc) is 3.11. The second kappa shape index (κ2) is 6.32. The van der Waals surface area contributed by atoms with Gasteiger partial charge in [-0.3, -0.25) is 0 Å². The summed E-state index contributed by atoms with van der Waals surface area (Å²) in [5, 5.41) is 12.5. The molecule has 1 aliphatic heterocycles. The van der Waals surface area contributed by atoms with Gasteiger partial charge in [-0.05, 0) is 41.0 Å².